The monoisotopic (exact) mass is 252 g/mol. The lowest BCUT2D eigenvalue weighted by Gasteiger charge is -2.12. The van der Waals surface area contributed by atoms with Gasteiger partial charge in [0.15, 0.2) is 0 Å². The Labute approximate surface area is 107 Å². The van der Waals surface area contributed by atoms with E-state index in [1.165, 1.54) is 6.42 Å². The average Bonchev–Trinajstić information content (AvgIpc) is 2.78. The van der Waals surface area contributed by atoms with Crippen LogP contribution < -0.4 is 10.6 Å². The smallest absolute Gasteiger partial charge is 0.252 e. The van der Waals surface area contributed by atoms with Crippen LogP contribution in [0, 0.1) is 6.92 Å². The van der Waals surface area contributed by atoms with Crippen molar-refractivity contribution in [2.24, 2.45) is 0 Å². The van der Waals surface area contributed by atoms with Crippen molar-refractivity contribution < 1.29 is 4.79 Å². The highest BCUT2D eigenvalue weighted by Crippen LogP contribution is 2.17. The van der Waals surface area contributed by atoms with Crippen molar-refractivity contribution in [2.45, 2.75) is 25.8 Å². The minimum Gasteiger partial charge on any atom is -0.350 e. The molecule has 1 heterocycles. The molecule has 2 N–H and O–H groups in total. The lowest BCUT2D eigenvalue weighted by molar-refractivity contribution is 0.0950. The summed E-state index contributed by atoms with van der Waals surface area (Å²) in [6.07, 6.45) is 2.31. The lowest BCUT2D eigenvalue weighted by Crippen LogP contribution is -2.37. The van der Waals surface area contributed by atoms with Gasteiger partial charge in [-0.1, -0.05) is 17.7 Å². The molecule has 1 fully saturated rings. The number of rotatable bonds is 3. The van der Waals surface area contributed by atoms with Crippen LogP contribution >= 0.6 is 11.6 Å². The molecule has 0 radical (unpaired) electrons. The van der Waals surface area contributed by atoms with E-state index in [4.69, 9.17) is 11.6 Å². The Kier molecular flexibility index (Phi) is 4.02. The van der Waals surface area contributed by atoms with Crippen LogP contribution in [0.2, 0.25) is 5.02 Å². The molecular formula is C13H17ClN2O. The SMILES string of the molecule is Cc1ccc(C(=O)NCC2CCCN2)c(Cl)c1. The summed E-state index contributed by atoms with van der Waals surface area (Å²) in [7, 11) is 0. The summed E-state index contributed by atoms with van der Waals surface area (Å²) in [5, 5.41) is 6.77. The number of halogens is 1. The Balaban J connectivity index is 1.94. The third-order valence-corrected chi connectivity index (χ3v) is 3.35. The van der Waals surface area contributed by atoms with E-state index < -0.39 is 0 Å². The van der Waals surface area contributed by atoms with E-state index in [1.807, 2.05) is 19.1 Å². The highest BCUT2D eigenvalue weighted by Gasteiger charge is 2.16. The van der Waals surface area contributed by atoms with Crippen LogP contribution in [0.4, 0.5) is 0 Å². The largest absolute Gasteiger partial charge is 0.350 e. The van der Waals surface area contributed by atoms with Crippen LogP contribution in [-0.2, 0) is 0 Å². The van der Waals surface area contributed by atoms with E-state index in [-0.39, 0.29) is 5.91 Å². The number of hydrogen-bond donors (Lipinski definition) is 2. The highest BCUT2D eigenvalue weighted by atomic mass is 35.5. The van der Waals surface area contributed by atoms with Crippen molar-refractivity contribution in [1.82, 2.24) is 10.6 Å². The second-order valence-electron chi connectivity index (χ2n) is 4.49. The molecular weight excluding hydrogens is 236 g/mol. The molecule has 1 aromatic carbocycles. The van der Waals surface area contributed by atoms with E-state index in [0.29, 0.717) is 23.2 Å². The first kappa shape index (κ1) is 12.4. The quantitative estimate of drug-likeness (QED) is 0.865. The Morgan fingerprint density at radius 1 is 1.59 bits per heavy atom. The number of amides is 1. The fourth-order valence-corrected chi connectivity index (χ4v) is 2.37. The summed E-state index contributed by atoms with van der Waals surface area (Å²) in [4.78, 5) is 11.9. The van der Waals surface area contributed by atoms with Crippen molar-refractivity contribution >= 4 is 17.5 Å². The Hall–Kier alpha value is -1.06. The van der Waals surface area contributed by atoms with Crippen molar-refractivity contribution in [2.75, 3.05) is 13.1 Å². The summed E-state index contributed by atoms with van der Waals surface area (Å²) in [5.41, 5.74) is 1.61. The second kappa shape index (κ2) is 5.52. The second-order valence-corrected chi connectivity index (χ2v) is 4.89. The van der Waals surface area contributed by atoms with Crippen LogP contribution in [-0.4, -0.2) is 25.0 Å². The molecule has 1 aliphatic rings. The van der Waals surface area contributed by atoms with Crippen LogP contribution in [0.3, 0.4) is 0 Å². The summed E-state index contributed by atoms with van der Waals surface area (Å²) >= 11 is 6.04. The number of hydrogen-bond acceptors (Lipinski definition) is 2. The van der Waals surface area contributed by atoms with Gasteiger partial charge in [0.05, 0.1) is 10.6 Å². The first-order valence-electron chi connectivity index (χ1n) is 5.94. The molecule has 4 heteroatoms. The minimum atomic E-state index is -0.0938. The third kappa shape index (κ3) is 3.20. The van der Waals surface area contributed by atoms with Gasteiger partial charge in [0.1, 0.15) is 0 Å². The van der Waals surface area contributed by atoms with E-state index in [1.54, 1.807) is 6.07 Å². The van der Waals surface area contributed by atoms with Gasteiger partial charge in [-0.2, -0.15) is 0 Å². The molecule has 1 aromatic rings. The Bertz CT molecular complexity index is 414. The van der Waals surface area contributed by atoms with Gasteiger partial charge < -0.3 is 10.6 Å². The van der Waals surface area contributed by atoms with E-state index in [0.717, 1.165) is 18.5 Å². The first-order valence-corrected chi connectivity index (χ1v) is 6.32. The van der Waals surface area contributed by atoms with Gasteiger partial charge in [0.2, 0.25) is 0 Å². The summed E-state index contributed by atoms with van der Waals surface area (Å²) < 4.78 is 0. The average molecular weight is 253 g/mol. The molecule has 0 spiro atoms. The van der Waals surface area contributed by atoms with Gasteiger partial charge >= 0.3 is 0 Å². The van der Waals surface area contributed by atoms with Crippen LogP contribution in [0.5, 0.6) is 0 Å². The molecule has 1 unspecified atom stereocenters. The van der Waals surface area contributed by atoms with E-state index >= 15 is 0 Å². The highest BCUT2D eigenvalue weighted by molar-refractivity contribution is 6.33. The van der Waals surface area contributed by atoms with Gasteiger partial charge in [-0.3, -0.25) is 4.79 Å². The molecule has 17 heavy (non-hydrogen) atoms. The fourth-order valence-electron chi connectivity index (χ4n) is 2.05. The number of benzene rings is 1. The number of carbonyl (C=O) groups is 1. The molecule has 1 amide bonds. The molecule has 92 valence electrons. The van der Waals surface area contributed by atoms with Crippen molar-refractivity contribution in [3.8, 4) is 0 Å². The molecule has 1 saturated heterocycles. The molecule has 0 saturated carbocycles. The molecule has 3 nitrogen and oxygen atoms in total. The van der Waals surface area contributed by atoms with Gasteiger partial charge in [0, 0.05) is 12.6 Å². The molecule has 0 aliphatic carbocycles. The number of nitrogens with one attached hydrogen (secondary N) is 2. The number of carbonyl (C=O) groups excluding carboxylic acids is 1. The summed E-state index contributed by atoms with van der Waals surface area (Å²) in [6.45, 7) is 3.67. The van der Waals surface area contributed by atoms with E-state index in [9.17, 15) is 4.79 Å². The van der Waals surface area contributed by atoms with Crippen LogP contribution in [0.15, 0.2) is 18.2 Å². The van der Waals surface area contributed by atoms with Crippen molar-refractivity contribution in [3.05, 3.63) is 34.3 Å². The predicted molar refractivity (Wildman–Crippen MR) is 69.5 cm³/mol. The van der Waals surface area contributed by atoms with E-state index in [2.05, 4.69) is 10.6 Å². The van der Waals surface area contributed by atoms with Crippen LogP contribution in [0.25, 0.3) is 0 Å². The van der Waals surface area contributed by atoms with Crippen LogP contribution in [0.1, 0.15) is 28.8 Å². The predicted octanol–water partition coefficient (Wildman–Crippen LogP) is 2.13. The van der Waals surface area contributed by atoms with Crippen molar-refractivity contribution in [1.29, 1.82) is 0 Å². The number of aryl methyl sites for hydroxylation is 1. The topological polar surface area (TPSA) is 41.1 Å². The maximum Gasteiger partial charge on any atom is 0.252 e. The van der Waals surface area contributed by atoms with Gasteiger partial charge in [-0.05, 0) is 44.0 Å². The Morgan fingerprint density at radius 3 is 3.06 bits per heavy atom. The first-order chi connectivity index (χ1) is 8.16. The summed E-state index contributed by atoms with van der Waals surface area (Å²) in [5.74, 6) is -0.0938. The maximum atomic E-state index is 11.9. The standard InChI is InChI=1S/C13H17ClN2O/c1-9-4-5-11(12(14)7-9)13(17)16-8-10-3-2-6-15-10/h4-5,7,10,15H,2-3,6,8H2,1H3,(H,16,17). The van der Waals surface area contributed by atoms with Gasteiger partial charge in [-0.25, -0.2) is 0 Å². The molecule has 1 aliphatic heterocycles. The molecule has 0 bridgehead atoms. The zero-order valence-electron chi connectivity index (χ0n) is 9.92. The maximum absolute atomic E-state index is 11.9. The lowest BCUT2D eigenvalue weighted by atomic mass is 10.1. The zero-order valence-corrected chi connectivity index (χ0v) is 10.7. The normalized spacial score (nSPS) is 19.3. The van der Waals surface area contributed by atoms with Crippen molar-refractivity contribution in [3.63, 3.8) is 0 Å². The van der Waals surface area contributed by atoms with Gasteiger partial charge in [-0.15, -0.1) is 0 Å². The molecule has 0 aromatic heterocycles. The summed E-state index contributed by atoms with van der Waals surface area (Å²) in [6, 6.07) is 5.89. The molecule has 2 rings (SSSR count). The third-order valence-electron chi connectivity index (χ3n) is 3.04. The Morgan fingerprint density at radius 2 is 2.41 bits per heavy atom. The molecule has 1 atom stereocenters. The van der Waals surface area contributed by atoms with Gasteiger partial charge in [0.25, 0.3) is 5.91 Å². The minimum absolute atomic E-state index is 0.0938. The fraction of sp³-hybridized carbons (Fsp3) is 0.462. The zero-order chi connectivity index (χ0) is 12.3.